The maximum Gasteiger partial charge on any atom is 0.249 e. The molecule has 1 heterocycles. The predicted molar refractivity (Wildman–Crippen MR) is 73.6 cm³/mol. The molecule has 20 heavy (non-hydrogen) atoms. The van der Waals surface area contributed by atoms with Crippen molar-refractivity contribution >= 4 is 17.5 Å². The minimum Gasteiger partial charge on any atom is -0.332 e. The van der Waals surface area contributed by atoms with Crippen LogP contribution in [-0.4, -0.2) is 42.4 Å². The fourth-order valence-electron chi connectivity index (χ4n) is 2.41. The van der Waals surface area contributed by atoms with Crippen molar-refractivity contribution in [1.29, 1.82) is 0 Å². The molecular weight excluding hydrogens is 261 g/mol. The van der Waals surface area contributed by atoms with E-state index in [-0.39, 0.29) is 17.5 Å². The molecule has 1 aliphatic rings. The van der Waals surface area contributed by atoms with Gasteiger partial charge >= 0.3 is 0 Å². The number of anilines is 1. The molecule has 1 aromatic rings. The molecule has 1 unspecified atom stereocenters. The van der Waals surface area contributed by atoms with E-state index in [1.165, 1.54) is 15.9 Å². The highest BCUT2D eigenvalue weighted by Gasteiger charge is 2.38. The summed E-state index contributed by atoms with van der Waals surface area (Å²) in [4.78, 5) is 26.9. The van der Waals surface area contributed by atoms with E-state index in [1.54, 1.807) is 32.2 Å². The SMILES string of the molecule is C[C@@H](N)C(=O)N(C)C1CCN(c2ccccc2F)C1=O. The number of hydrogen-bond donors (Lipinski definition) is 1. The van der Waals surface area contributed by atoms with Gasteiger partial charge in [0.15, 0.2) is 0 Å². The van der Waals surface area contributed by atoms with E-state index in [4.69, 9.17) is 5.73 Å². The number of likely N-dealkylation sites (N-methyl/N-ethyl adjacent to an activating group) is 1. The van der Waals surface area contributed by atoms with Crippen LogP contribution in [0.3, 0.4) is 0 Å². The number of benzene rings is 1. The Bertz CT molecular complexity index is 533. The third kappa shape index (κ3) is 2.51. The van der Waals surface area contributed by atoms with Crippen molar-refractivity contribution in [1.82, 2.24) is 4.90 Å². The molecule has 1 fully saturated rings. The third-order valence-electron chi connectivity index (χ3n) is 3.53. The van der Waals surface area contributed by atoms with Crippen molar-refractivity contribution in [2.45, 2.75) is 25.4 Å². The monoisotopic (exact) mass is 279 g/mol. The van der Waals surface area contributed by atoms with Crippen LogP contribution in [0.5, 0.6) is 0 Å². The first-order valence-electron chi connectivity index (χ1n) is 6.51. The van der Waals surface area contributed by atoms with E-state index in [1.807, 2.05) is 0 Å². The van der Waals surface area contributed by atoms with Gasteiger partial charge in [-0.1, -0.05) is 12.1 Å². The molecule has 2 rings (SSSR count). The smallest absolute Gasteiger partial charge is 0.249 e. The van der Waals surface area contributed by atoms with Crippen LogP contribution in [0.25, 0.3) is 0 Å². The van der Waals surface area contributed by atoms with E-state index >= 15 is 0 Å². The van der Waals surface area contributed by atoms with Crippen LogP contribution in [-0.2, 0) is 9.59 Å². The Morgan fingerprint density at radius 1 is 1.50 bits per heavy atom. The minimum atomic E-state index is -0.657. The molecule has 2 atom stereocenters. The van der Waals surface area contributed by atoms with Crippen molar-refractivity contribution in [3.8, 4) is 0 Å². The Kier molecular flexibility index (Phi) is 4.04. The maximum absolute atomic E-state index is 13.7. The molecule has 2 amide bonds. The van der Waals surface area contributed by atoms with Crippen molar-refractivity contribution in [3.05, 3.63) is 30.1 Å². The Morgan fingerprint density at radius 3 is 2.75 bits per heavy atom. The number of amides is 2. The van der Waals surface area contributed by atoms with Crippen LogP contribution < -0.4 is 10.6 Å². The van der Waals surface area contributed by atoms with Gasteiger partial charge in [0.2, 0.25) is 11.8 Å². The Labute approximate surface area is 117 Å². The summed E-state index contributed by atoms with van der Waals surface area (Å²) in [5.74, 6) is -1.01. The summed E-state index contributed by atoms with van der Waals surface area (Å²) in [6.07, 6.45) is 0.474. The Hall–Kier alpha value is -1.95. The zero-order valence-corrected chi connectivity index (χ0v) is 11.5. The van der Waals surface area contributed by atoms with Crippen LogP contribution in [0.4, 0.5) is 10.1 Å². The fourth-order valence-corrected chi connectivity index (χ4v) is 2.41. The summed E-state index contributed by atoms with van der Waals surface area (Å²) < 4.78 is 13.7. The number of nitrogens with two attached hydrogens (primary N) is 1. The lowest BCUT2D eigenvalue weighted by Crippen LogP contribution is -2.48. The first-order chi connectivity index (χ1) is 9.43. The molecular formula is C14H18FN3O2. The van der Waals surface area contributed by atoms with Gasteiger partial charge in [-0.3, -0.25) is 9.59 Å². The Morgan fingerprint density at radius 2 is 2.15 bits per heavy atom. The standard InChI is InChI=1S/C14H18FN3O2/c1-9(16)13(19)17(2)12-7-8-18(14(12)20)11-6-4-3-5-10(11)15/h3-6,9,12H,7-8,16H2,1-2H3/t9-,12?/m1/s1. The van der Waals surface area contributed by atoms with Gasteiger partial charge in [0, 0.05) is 13.6 Å². The second-order valence-electron chi connectivity index (χ2n) is 4.98. The minimum absolute atomic E-state index is 0.252. The quantitative estimate of drug-likeness (QED) is 0.887. The summed E-state index contributed by atoms with van der Waals surface area (Å²) in [7, 11) is 1.55. The predicted octanol–water partition coefficient (Wildman–Crippen LogP) is 0.737. The second kappa shape index (κ2) is 5.58. The largest absolute Gasteiger partial charge is 0.332 e. The van der Waals surface area contributed by atoms with Gasteiger partial charge in [0.25, 0.3) is 0 Å². The van der Waals surface area contributed by atoms with Crippen LogP contribution >= 0.6 is 0 Å². The molecule has 0 saturated carbocycles. The molecule has 0 aliphatic carbocycles. The Balaban J connectivity index is 2.18. The average Bonchev–Trinajstić information content (AvgIpc) is 2.79. The average molecular weight is 279 g/mol. The van der Waals surface area contributed by atoms with E-state index in [9.17, 15) is 14.0 Å². The van der Waals surface area contributed by atoms with Gasteiger partial charge in [0.05, 0.1) is 11.7 Å². The van der Waals surface area contributed by atoms with Crippen molar-refractivity contribution in [3.63, 3.8) is 0 Å². The van der Waals surface area contributed by atoms with Gasteiger partial charge in [-0.25, -0.2) is 4.39 Å². The second-order valence-corrected chi connectivity index (χ2v) is 4.98. The summed E-state index contributed by atoms with van der Waals surface area (Å²) in [5, 5.41) is 0. The first-order valence-corrected chi connectivity index (χ1v) is 6.51. The van der Waals surface area contributed by atoms with E-state index in [0.717, 1.165) is 0 Å². The molecule has 0 radical (unpaired) electrons. The van der Waals surface area contributed by atoms with E-state index < -0.39 is 17.9 Å². The van der Waals surface area contributed by atoms with Crippen molar-refractivity contribution in [2.75, 3.05) is 18.5 Å². The van der Waals surface area contributed by atoms with Crippen LogP contribution in [0, 0.1) is 5.82 Å². The lowest BCUT2D eigenvalue weighted by Gasteiger charge is -2.25. The number of para-hydroxylation sites is 1. The van der Waals surface area contributed by atoms with E-state index in [0.29, 0.717) is 13.0 Å². The lowest BCUT2D eigenvalue weighted by molar-refractivity contribution is -0.137. The lowest BCUT2D eigenvalue weighted by atomic mass is 10.2. The molecule has 0 bridgehead atoms. The molecule has 0 spiro atoms. The van der Waals surface area contributed by atoms with Crippen LogP contribution in [0.1, 0.15) is 13.3 Å². The normalized spacial score (nSPS) is 20.1. The molecule has 1 aliphatic heterocycles. The zero-order chi connectivity index (χ0) is 14.9. The number of halogens is 1. The number of nitrogens with zero attached hydrogens (tertiary/aromatic N) is 2. The van der Waals surface area contributed by atoms with Gasteiger partial charge in [-0.15, -0.1) is 0 Å². The molecule has 5 nitrogen and oxygen atoms in total. The van der Waals surface area contributed by atoms with Gasteiger partial charge in [-0.2, -0.15) is 0 Å². The number of hydrogen-bond acceptors (Lipinski definition) is 3. The molecule has 1 aromatic carbocycles. The summed E-state index contributed by atoms with van der Waals surface area (Å²) >= 11 is 0. The topological polar surface area (TPSA) is 66.6 Å². The molecule has 108 valence electrons. The van der Waals surface area contributed by atoms with Crippen LogP contribution in [0.15, 0.2) is 24.3 Å². The summed E-state index contributed by atoms with van der Waals surface area (Å²) in [5.41, 5.74) is 5.80. The number of carbonyl (C=O) groups excluding carboxylic acids is 2. The molecule has 2 N–H and O–H groups in total. The zero-order valence-electron chi connectivity index (χ0n) is 11.5. The van der Waals surface area contributed by atoms with Crippen LogP contribution in [0.2, 0.25) is 0 Å². The molecule has 1 saturated heterocycles. The highest BCUT2D eigenvalue weighted by atomic mass is 19.1. The fraction of sp³-hybridized carbons (Fsp3) is 0.429. The van der Waals surface area contributed by atoms with Crippen molar-refractivity contribution < 1.29 is 14.0 Å². The molecule has 0 aromatic heterocycles. The summed E-state index contributed by atoms with van der Waals surface area (Å²) in [6, 6.07) is 4.89. The summed E-state index contributed by atoms with van der Waals surface area (Å²) in [6.45, 7) is 1.97. The van der Waals surface area contributed by atoms with Gasteiger partial charge in [0.1, 0.15) is 11.9 Å². The van der Waals surface area contributed by atoms with Crippen molar-refractivity contribution in [2.24, 2.45) is 5.73 Å². The van der Waals surface area contributed by atoms with Gasteiger partial charge < -0.3 is 15.5 Å². The maximum atomic E-state index is 13.7. The van der Waals surface area contributed by atoms with E-state index in [2.05, 4.69) is 0 Å². The first kappa shape index (κ1) is 14.5. The third-order valence-corrected chi connectivity index (χ3v) is 3.53. The number of carbonyl (C=O) groups is 2. The van der Waals surface area contributed by atoms with Gasteiger partial charge in [-0.05, 0) is 25.5 Å². The highest BCUT2D eigenvalue weighted by molar-refractivity contribution is 6.01. The highest BCUT2D eigenvalue weighted by Crippen LogP contribution is 2.26. The number of rotatable bonds is 3. The molecule has 6 heteroatoms.